The number of fused-ring (bicyclic) bond motifs is 1. The van der Waals surface area contributed by atoms with Crippen molar-refractivity contribution in [2.24, 2.45) is 5.92 Å². The molecule has 1 aromatic rings. The third kappa shape index (κ3) is 3.33. The van der Waals surface area contributed by atoms with Gasteiger partial charge in [-0.3, -0.25) is 9.63 Å². The number of carbonyl (C=O) groups excluding carboxylic acids is 1. The van der Waals surface area contributed by atoms with E-state index in [-0.39, 0.29) is 29.1 Å². The minimum Gasteiger partial charge on any atom is -0.497 e. The summed E-state index contributed by atoms with van der Waals surface area (Å²) in [4.78, 5) is 21.6. The van der Waals surface area contributed by atoms with Crippen LogP contribution >= 0.6 is 0 Å². The Balaban J connectivity index is 1.59. The third-order valence-corrected chi connectivity index (χ3v) is 6.96. The normalized spacial score (nSPS) is 31.8. The number of hydroxylamine groups is 2. The Hall–Kier alpha value is -1.59. The predicted molar refractivity (Wildman–Crippen MR) is 110 cm³/mol. The first-order valence-electron chi connectivity index (χ1n) is 10.7. The number of rotatable bonds is 4. The maximum Gasteiger partial charge on any atom is 0.227 e. The largest absolute Gasteiger partial charge is 0.497 e. The molecule has 0 aromatic heterocycles. The van der Waals surface area contributed by atoms with E-state index in [1.54, 1.807) is 7.11 Å². The van der Waals surface area contributed by atoms with E-state index in [9.17, 15) is 4.79 Å². The number of benzene rings is 1. The van der Waals surface area contributed by atoms with Crippen molar-refractivity contribution in [1.82, 2.24) is 5.06 Å². The van der Waals surface area contributed by atoms with Gasteiger partial charge in [0, 0.05) is 23.2 Å². The van der Waals surface area contributed by atoms with Gasteiger partial charge in [0.2, 0.25) is 5.91 Å². The number of hydrogen-bond acceptors (Lipinski definition) is 4. The summed E-state index contributed by atoms with van der Waals surface area (Å²) in [6.45, 7) is 9.12. The Kier molecular flexibility index (Phi) is 4.95. The summed E-state index contributed by atoms with van der Waals surface area (Å²) < 4.78 is 5.28. The topological polar surface area (TPSA) is 42.0 Å². The Labute approximate surface area is 168 Å². The van der Waals surface area contributed by atoms with Gasteiger partial charge in [-0.2, -0.15) is 5.06 Å². The van der Waals surface area contributed by atoms with E-state index in [2.05, 4.69) is 32.8 Å². The summed E-state index contributed by atoms with van der Waals surface area (Å²) in [5, 5.41) is 2.26. The van der Waals surface area contributed by atoms with Gasteiger partial charge in [0.1, 0.15) is 11.9 Å². The SMILES string of the molecule is COc1ccc(N2C(=O)C[C@@H]3CC[C@@H](ON4C(C)(C)CCCC4(C)C)[C@@H]32)cc1. The lowest BCUT2D eigenvalue weighted by Gasteiger charge is -2.52. The number of hydrogen-bond donors (Lipinski definition) is 0. The molecule has 28 heavy (non-hydrogen) atoms. The van der Waals surface area contributed by atoms with Crippen molar-refractivity contribution in [3.8, 4) is 5.75 Å². The summed E-state index contributed by atoms with van der Waals surface area (Å²) in [5.41, 5.74) is 0.965. The van der Waals surface area contributed by atoms with Gasteiger partial charge in [-0.15, -0.1) is 0 Å². The molecular formula is C23H34N2O3. The minimum absolute atomic E-state index is 0.00733. The van der Waals surface area contributed by atoms with Crippen molar-refractivity contribution >= 4 is 11.6 Å². The molecule has 3 aliphatic rings. The summed E-state index contributed by atoms with van der Waals surface area (Å²) in [6.07, 6.45) is 6.25. The van der Waals surface area contributed by atoms with Gasteiger partial charge in [-0.05, 0) is 90.0 Å². The highest BCUT2D eigenvalue weighted by molar-refractivity contribution is 5.97. The molecule has 3 fully saturated rings. The Morgan fingerprint density at radius 1 is 1.00 bits per heavy atom. The first-order chi connectivity index (χ1) is 13.2. The zero-order valence-corrected chi connectivity index (χ0v) is 17.9. The van der Waals surface area contributed by atoms with Gasteiger partial charge in [0.05, 0.1) is 13.2 Å². The number of methoxy groups -OCH3 is 1. The monoisotopic (exact) mass is 386 g/mol. The van der Waals surface area contributed by atoms with Crippen LogP contribution in [0.25, 0.3) is 0 Å². The molecule has 1 aromatic carbocycles. The molecule has 5 heteroatoms. The van der Waals surface area contributed by atoms with Crippen LogP contribution in [0.5, 0.6) is 5.75 Å². The van der Waals surface area contributed by atoms with E-state index in [1.165, 1.54) is 6.42 Å². The molecule has 1 amide bonds. The molecule has 0 spiro atoms. The summed E-state index contributed by atoms with van der Waals surface area (Å²) in [5.74, 6) is 1.41. The Morgan fingerprint density at radius 2 is 1.64 bits per heavy atom. The third-order valence-electron chi connectivity index (χ3n) is 6.96. The molecule has 3 atom stereocenters. The predicted octanol–water partition coefficient (Wildman–Crippen LogP) is 4.55. The van der Waals surface area contributed by atoms with Gasteiger partial charge in [0.25, 0.3) is 0 Å². The van der Waals surface area contributed by atoms with Crippen molar-refractivity contribution in [2.45, 2.75) is 89.4 Å². The number of carbonyl (C=O) groups is 1. The van der Waals surface area contributed by atoms with Crippen LogP contribution in [0.3, 0.4) is 0 Å². The maximum atomic E-state index is 12.9. The molecule has 0 unspecified atom stereocenters. The van der Waals surface area contributed by atoms with Crippen LogP contribution < -0.4 is 9.64 Å². The van der Waals surface area contributed by atoms with Gasteiger partial charge < -0.3 is 9.64 Å². The van der Waals surface area contributed by atoms with E-state index >= 15 is 0 Å². The number of nitrogens with zero attached hydrogens (tertiary/aromatic N) is 2. The van der Waals surface area contributed by atoms with Crippen LogP contribution in [0.2, 0.25) is 0 Å². The smallest absolute Gasteiger partial charge is 0.227 e. The number of piperidine rings is 1. The molecule has 4 rings (SSSR count). The molecule has 1 aliphatic carbocycles. The van der Waals surface area contributed by atoms with E-state index in [1.807, 2.05) is 29.2 Å². The first kappa shape index (κ1) is 19.7. The molecule has 1 saturated carbocycles. The van der Waals surface area contributed by atoms with Crippen LogP contribution in [0.4, 0.5) is 5.69 Å². The van der Waals surface area contributed by atoms with Crippen molar-refractivity contribution in [3.63, 3.8) is 0 Å². The van der Waals surface area contributed by atoms with Crippen molar-refractivity contribution < 1.29 is 14.4 Å². The van der Waals surface area contributed by atoms with Crippen molar-refractivity contribution in [1.29, 1.82) is 0 Å². The quantitative estimate of drug-likeness (QED) is 0.761. The second-order valence-corrected chi connectivity index (χ2v) is 9.91. The zero-order valence-electron chi connectivity index (χ0n) is 17.9. The highest BCUT2D eigenvalue weighted by Gasteiger charge is 2.52. The maximum absolute atomic E-state index is 12.9. The number of amides is 1. The fourth-order valence-electron chi connectivity index (χ4n) is 5.68. The minimum atomic E-state index is 0.00733. The lowest BCUT2D eigenvalue weighted by atomic mass is 9.82. The van der Waals surface area contributed by atoms with Gasteiger partial charge in [-0.1, -0.05) is 0 Å². The van der Waals surface area contributed by atoms with Crippen LogP contribution in [-0.4, -0.2) is 41.3 Å². The van der Waals surface area contributed by atoms with Crippen molar-refractivity contribution in [2.75, 3.05) is 12.0 Å². The van der Waals surface area contributed by atoms with Crippen LogP contribution in [-0.2, 0) is 9.63 Å². The molecule has 0 N–H and O–H groups in total. The molecule has 5 nitrogen and oxygen atoms in total. The van der Waals surface area contributed by atoms with Crippen LogP contribution in [0, 0.1) is 5.92 Å². The zero-order chi connectivity index (χ0) is 20.1. The second-order valence-electron chi connectivity index (χ2n) is 9.91. The van der Waals surface area contributed by atoms with E-state index in [0.29, 0.717) is 12.3 Å². The van der Waals surface area contributed by atoms with E-state index < -0.39 is 0 Å². The van der Waals surface area contributed by atoms with Gasteiger partial charge >= 0.3 is 0 Å². The second kappa shape index (κ2) is 7.03. The van der Waals surface area contributed by atoms with Gasteiger partial charge in [-0.25, -0.2) is 0 Å². The fraction of sp³-hybridized carbons (Fsp3) is 0.696. The van der Waals surface area contributed by atoms with E-state index in [0.717, 1.165) is 37.1 Å². The van der Waals surface area contributed by atoms with E-state index in [4.69, 9.17) is 9.57 Å². The summed E-state index contributed by atoms with van der Waals surface area (Å²) in [7, 11) is 1.66. The average molecular weight is 387 g/mol. The highest BCUT2D eigenvalue weighted by atomic mass is 16.7. The summed E-state index contributed by atoms with van der Waals surface area (Å²) in [6, 6.07) is 7.95. The Bertz CT molecular complexity index is 712. The van der Waals surface area contributed by atoms with Crippen LogP contribution in [0.1, 0.15) is 66.2 Å². The van der Waals surface area contributed by atoms with Gasteiger partial charge in [0.15, 0.2) is 0 Å². The standard InChI is InChI=1S/C23H34N2O3/c1-22(2)13-6-14-23(3,4)25(22)28-19-12-7-16-15-20(26)24(21(16)19)17-8-10-18(27-5)11-9-17/h8-11,16,19,21H,6-7,12-15H2,1-5H3/t16-,19+,21+/m0/s1. The lowest BCUT2D eigenvalue weighted by molar-refractivity contribution is -0.305. The molecule has 0 radical (unpaired) electrons. The molecular weight excluding hydrogens is 352 g/mol. The molecule has 154 valence electrons. The fourth-order valence-corrected chi connectivity index (χ4v) is 5.68. The molecule has 0 bridgehead atoms. The first-order valence-corrected chi connectivity index (χ1v) is 10.7. The van der Waals surface area contributed by atoms with Crippen LogP contribution in [0.15, 0.2) is 24.3 Å². The molecule has 2 aliphatic heterocycles. The molecule has 2 heterocycles. The number of ether oxygens (including phenoxy) is 1. The van der Waals surface area contributed by atoms with Crippen molar-refractivity contribution in [3.05, 3.63) is 24.3 Å². The summed E-state index contributed by atoms with van der Waals surface area (Å²) >= 11 is 0. The number of anilines is 1. The Morgan fingerprint density at radius 3 is 2.25 bits per heavy atom. The molecule has 2 saturated heterocycles. The highest BCUT2D eigenvalue weighted by Crippen LogP contribution is 2.46. The average Bonchev–Trinajstić information content (AvgIpc) is 3.16. The lowest BCUT2D eigenvalue weighted by Crippen LogP contribution is -2.60.